The van der Waals surface area contributed by atoms with Gasteiger partial charge in [0, 0.05) is 28.8 Å². The van der Waals surface area contributed by atoms with Crippen LogP contribution in [0, 0.1) is 18.7 Å². The van der Waals surface area contributed by atoms with E-state index < -0.39 is 5.92 Å². The fourth-order valence-corrected chi connectivity index (χ4v) is 2.97. The van der Waals surface area contributed by atoms with Crippen molar-refractivity contribution in [2.75, 3.05) is 16.8 Å². The number of carbonyl (C=O) groups excluding carboxylic acids is 2. The number of hydrogen-bond donors (Lipinski definition) is 1. The number of nitrogens with one attached hydrogen (secondary N) is 1. The van der Waals surface area contributed by atoms with E-state index in [1.165, 1.54) is 17.0 Å². The molecule has 1 atom stereocenters. The number of halogens is 2. The average molecular weight is 391 g/mol. The van der Waals surface area contributed by atoms with E-state index in [1.54, 1.807) is 12.1 Å². The van der Waals surface area contributed by atoms with Crippen molar-refractivity contribution in [3.05, 3.63) is 58.3 Å². The van der Waals surface area contributed by atoms with Crippen LogP contribution < -0.4 is 10.2 Å². The molecule has 0 aliphatic carbocycles. The van der Waals surface area contributed by atoms with Crippen molar-refractivity contribution >= 4 is 39.1 Å². The van der Waals surface area contributed by atoms with Gasteiger partial charge in [0.15, 0.2) is 0 Å². The first-order valence-electron chi connectivity index (χ1n) is 7.57. The van der Waals surface area contributed by atoms with Crippen LogP contribution in [0.15, 0.2) is 46.9 Å². The molecule has 1 fully saturated rings. The standard InChI is InChI=1S/C18H16BrFN2O2/c1-11-8-14(4-7-16(11)19)21-18(24)12-9-17(23)22(10-12)15-5-2-13(20)3-6-15/h2-8,12H,9-10H2,1H3,(H,21,24)/t12-/m0/s1. The minimum atomic E-state index is -0.425. The Morgan fingerprint density at radius 2 is 1.96 bits per heavy atom. The van der Waals surface area contributed by atoms with Gasteiger partial charge in [-0.3, -0.25) is 9.59 Å². The molecular formula is C18H16BrFN2O2. The largest absolute Gasteiger partial charge is 0.326 e. The maximum absolute atomic E-state index is 13.0. The van der Waals surface area contributed by atoms with Crippen LogP contribution in [0.1, 0.15) is 12.0 Å². The number of hydrogen-bond acceptors (Lipinski definition) is 2. The van der Waals surface area contributed by atoms with Gasteiger partial charge in [-0.1, -0.05) is 15.9 Å². The molecule has 1 saturated heterocycles. The van der Waals surface area contributed by atoms with Crippen LogP contribution in [-0.2, 0) is 9.59 Å². The van der Waals surface area contributed by atoms with Gasteiger partial charge in [-0.2, -0.15) is 0 Å². The van der Waals surface area contributed by atoms with E-state index in [1.807, 2.05) is 25.1 Å². The molecule has 0 saturated carbocycles. The first-order valence-corrected chi connectivity index (χ1v) is 8.36. The number of nitrogens with zero attached hydrogens (tertiary/aromatic N) is 1. The molecule has 0 radical (unpaired) electrons. The summed E-state index contributed by atoms with van der Waals surface area (Å²) in [4.78, 5) is 26.1. The summed E-state index contributed by atoms with van der Waals surface area (Å²) in [7, 11) is 0. The van der Waals surface area contributed by atoms with Crippen LogP contribution in [0.2, 0.25) is 0 Å². The molecule has 2 aromatic carbocycles. The minimum Gasteiger partial charge on any atom is -0.326 e. The Labute approximate surface area is 147 Å². The molecule has 1 N–H and O–H groups in total. The molecule has 3 rings (SSSR count). The summed E-state index contributed by atoms with van der Waals surface area (Å²) in [6.07, 6.45) is 0.152. The maximum Gasteiger partial charge on any atom is 0.229 e. The minimum absolute atomic E-state index is 0.131. The third-order valence-electron chi connectivity index (χ3n) is 4.06. The molecule has 0 spiro atoms. The number of carbonyl (C=O) groups is 2. The van der Waals surface area contributed by atoms with Crippen LogP contribution in [0.5, 0.6) is 0 Å². The van der Waals surface area contributed by atoms with Crippen molar-refractivity contribution in [1.82, 2.24) is 0 Å². The molecule has 0 bridgehead atoms. The highest BCUT2D eigenvalue weighted by molar-refractivity contribution is 9.10. The number of benzene rings is 2. The second-order valence-corrected chi connectivity index (χ2v) is 6.69. The number of anilines is 2. The third-order valence-corrected chi connectivity index (χ3v) is 4.95. The quantitative estimate of drug-likeness (QED) is 0.863. The van der Waals surface area contributed by atoms with Crippen molar-refractivity contribution in [3.63, 3.8) is 0 Å². The third kappa shape index (κ3) is 3.48. The van der Waals surface area contributed by atoms with Gasteiger partial charge >= 0.3 is 0 Å². The van der Waals surface area contributed by atoms with Crippen LogP contribution >= 0.6 is 15.9 Å². The molecule has 1 aliphatic rings. The van der Waals surface area contributed by atoms with E-state index in [2.05, 4.69) is 21.2 Å². The van der Waals surface area contributed by atoms with E-state index >= 15 is 0 Å². The Bertz CT molecular complexity index is 792. The molecule has 2 amide bonds. The van der Waals surface area contributed by atoms with E-state index in [0.717, 1.165) is 10.0 Å². The molecule has 2 aromatic rings. The summed E-state index contributed by atoms with van der Waals surface area (Å²) in [6.45, 7) is 2.24. The Kier molecular flexibility index (Phi) is 4.66. The molecule has 6 heteroatoms. The zero-order valence-corrected chi connectivity index (χ0v) is 14.6. The van der Waals surface area contributed by atoms with Gasteiger partial charge < -0.3 is 10.2 Å². The lowest BCUT2D eigenvalue weighted by Gasteiger charge is -2.16. The van der Waals surface area contributed by atoms with Crippen molar-refractivity contribution in [2.24, 2.45) is 5.92 Å². The summed E-state index contributed by atoms with van der Waals surface area (Å²) in [6, 6.07) is 11.3. The second kappa shape index (κ2) is 6.73. The summed E-state index contributed by atoms with van der Waals surface area (Å²) in [5.41, 5.74) is 2.33. The Hall–Kier alpha value is -2.21. The molecule has 0 aromatic heterocycles. The zero-order valence-electron chi connectivity index (χ0n) is 13.1. The molecule has 24 heavy (non-hydrogen) atoms. The highest BCUT2D eigenvalue weighted by Gasteiger charge is 2.35. The van der Waals surface area contributed by atoms with Gasteiger partial charge in [0.1, 0.15) is 5.82 Å². The SMILES string of the molecule is Cc1cc(NC(=O)[C@H]2CC(=O)N(c3ccc(F)cc3)C2)ccc1Br. The maximum atomic E-state index is 13.0. The lowest BCUT2D eigenvalue weighted by atomic mass is 10.1. The number of aryl methyl sites for hydroxylation is 1. The molecule has 1 aliphatic heterocycles. The van der Waals surface area contributed by atoms with E-state index in [0.29, 0.717) is 17.9 Å². The normalized spacial score (nSPS) is 17.2. The molecule has 0 unspecified atom stereocenters. The zero-order chi connectivity index (χ0) is 17.3. The monoisotopic (exact) mass is 390 g/mol. The Balaban J connectivity index is 1.69. The Morgan fingerprint density at radius 3 is 2.62 bits per heavy atom. The summed E-state index contributed by atoms with van der Waals surface area (Å²) in [5, 5.41) is 2.85. The van der Waals surface area contributed by atoms with E-state index in [9.17, 15) is 14.0 Å². The number of rotatable bonds is 3. The van der Waals surface area contributed by atoms with E-state index in [-0.39, 0.29) is 24.1 Å². The average Bonchev–Trinajstić information content (AvgIpc) is 2.94. The smallest absolute Gasteiger partial charge is 0.229 e. The van der Waals surface area contributed by atoms with Crippen molar-refractivity contribution < 1.29 is 14.0 Å². The van der Waals surface area contributed by atoms with Crippen molar-refractivity contribution in [2.45, 2.75) is 13.3 Å². The second-order valence-electron chi connectivity index (χ2n) is 5.84. The molecule has 1 heterocycles. The lowest BCUT2D eigenvalue weighted by molar-refractivity contribution is -0.122. The fraction of sp³-hybridized carbons (Fsp3) is 0.222. The van der Waals surface area contributed by atoms with Gasteiger partial charge in [-0.25, -0.2) is 4.39 Å². The van der Waals surface area contributed by atoms with Crippen LogP contribution in [-0.4, -0.2) is 18.4 Å². The van der Waals surface area contributed by atoms with Crippen LogP contribution in [0.4, 0.5) is 15.8 Å². The molecular weight excluding hydrogens is 375 g/mol. The first-order chi connectivity index (χ1) is 11.4. The van der Waals surface area contributed by atoms with Gasteiger partial charge in [0.05, 0.1) is 5.92 Å². The topological polar surface area (TPSA) is 49.4 Å². The Morgan fingerprint density at radius 1 is 1.25 bits per heavy atom. The van der Waals surface area contributed by atoms with Gasteiger partial charge in [0.2, 0.25) is 11.8 Å². The lowest BCUT2D eigenvalue weighted by Crippen LogP contribution is -2.28. The van der Waals surface area contributed by atoms with Gasteiger partial charge in [-0.05, 0) is 55.0 Å². The molecule has 124 valence electrons. The van der Waals surface area contributed by atoms with Crippen LogP contribution in [0.25, 0.3) is 0 Å². The summed E-state index contributed by atoms with van der Waals surface area (Å²) in [5.74, 6) is -1.10. The van der Waals surface area contributed by atoms with Crippen molar-refractivity contribution in [3.8, 4) is 0 Å². The first kappa shape index (κ1) is 16.6. The van der Waals surface area contributed by atoms with Gasteiger partial charge in [-0.15, -0.1) is 0 Å². The predicted molar refractivity (Wildman–Crippen MR) is 94.4 cm³/mol. The fourth-order valence-electron chi connectivity index (χ4n) is 2.72. The molecule has 4 nitrogen and oxygen atoms in total. The predicted octanol–water partition coefficient (Wildman–Crippen LogP) is 3.89. The van der Waals surface area contributed by atoms with Gasteiger partial charge in [0.25, 0.3) is 0 Å². The summed E-state index contributed by atoms with van der Waals surface area (Å²) >= 11 is 3.42. The number of amides is 2. The summed E-state index contributed by atoms with van der Waals surface area (Å²) < 4.78 is 14.0. The van der Waals surface area contributed by atoms with Crippen LogP contribution in [0.3, 0.4) is 0 Å². The van der Waals surface area contributed by atoms with Crippen molar-refractivity contribution in [1.29, 1.82) is 0 Å². The van der Waals surface area contributed by atoms with E-state index in [4.69, 9.17) is 0 Å². The highest BCUT2D eigenvalue weighted by atomic mass is 79.9. The highest BCUT2D eigenvalue weighted by Crippen LogP contribution is 2.27.